The van der Waals surface area contributed by atoms with Crippen molar-refractivity contribution in [3.8, 4) is 5.75 Å². The lowest BCUT2D eigenvalue weighted by Gasteiger charge is -2.11. The third-order valence-electron chi connectivity index (χ3n) is 3.60. The highest BCUT2D eigenvalue weighted by Crippen LogP contribution is 2.25. The molecule has 0 atom stereocenters. The number of nitrogens with zero attached hydrogens (tertiary/aromatic N) is 1. The average Bonchev–Trinajstić information content (AvgIpc) is 2.95. The third-order valence-corrected chi connectivity index (χ3v) is 3.60. The highest BCUT2D eigenvalue weighted by Gasteiger charge is 2.02. The maximum absolute atomic E-state index is 5.82. The van der Waals surface area contributed by atoms with Gasteiger partial charge in [0.1, 0.15) is 17.1 Å². The van der Waals surface area contributed by atoms with Gasteiger partial charge in [-0.25, -0.2) is 0 Å². The van der Waals surface area contributed by atoms with E-state index in [1.807, 2.05) is 50.5 Å². The Morgan fingerprint density at radius 2 is 1.73 bits per heavy atom. The van der Waals surface area contributed by atoms with Crippen LogP contribution >= 0.6 is 0 Å². The molecule has 2 aromatic carbocycles. The molecule has 1 heterocycles. The van der Waals surface area contributed by atoms with Crippen LogP contribution in [0.25, 0.3) is 23.1 Å². The Kier molecular flexibility index (Phi) is 3.88. The summed E-state index contributed by atoms with van der Waals surface area (Å²) < 4.78 is 11.0. The summed E-state index contributed by atoms with van der Waals surface area (Å²) in [6.07, 6.45) is 4.03. The minimum Gasteiger partial charge on any atom is -0.497 e. The monoisotopic (exact) mass is 293 g/mol. The summed E-state index contributed by atoms with van der Waals surface area (Å²) >= 11 is 0. The molecule has 112 valence electrons. The Balaban J connectivity index is 1.82. The molecule has 0 amide bonds. The van der Waals surface area contributed by atoms with Crippen molar-refractivity contribution in [2.75, 3.05) is 26.1 Å². The van der Waals surface area contributed by atoms with E-state index in [4.69, 9.17) is 9.15 Å². The first kappa shape index (κ1) is 14.3. The number of benzene rings is 2. The van der Waals surface area contributed by atoms with Gasteiger partial charge in [-0.05, 0) is 42.0 Å². The van der Waals surface area contributed by atoms with Crippen LogP contribution in [0, 0.1) is 0 Å². The van der Waals surface area contributed by atoms with E-state index in [-0.39, 0.29) is 0 Å². The fourth-order valence-electron chi connectivity index (χ4n) is 2.30. The van der Waals surface area contributed by atoms with Crippen LogP contribution in [-0.2, 0) is 0 Å². The standard InChI is InChI=1S/C19H19NO2/c1-20(2)16-8-4-14(5-9-16)6-10-18-12-15-7-11-17(21-3)13-19(15)22-18/h4-13H,1-3H3. The Labute approximate surface area is 130 Å². The predicted molar refractivity (Wildman–Crippen MR) is 92.5 cm³/mol. The van der Waals surface area contributed by atoms with Crippen LogP contribution in [0.1, 0.15) is 11.3 Å². The molecule has 3 rings (SSSR count). The van der Waals surface area contributed by atoms with E-state index in [0.717, 1.165) is 28.0 Å². The Morgan fingerprint density at radius 3 is 2.41 bits per heavy atom. The number of ether oxygens (including phenoxy) is 1. The minimum absolute atomic E-state index is 0.802. The number of hydrogen-bond donors (Lipinski definition) is 0. The summed E-state index contributed by atoms with van der Waals surface area (Å²) in [6, 6.07) is 16.3. The van der Waals surface area contributed by atoms with Gasteiger partial charge in [0.25, 0.3) is 0 Å². The molecule has 0 saturated heterocycles. The van der Waals surface area contributed by atoms with Crippen LogP contribution in [0.3, 0.4) is 0 Å². The van der Waals surface area contributed by atoms with Gasteiger partial charge in [-0.2, -0.15) is 0 Å². The van der Waals surface area contributed by atoms with E-state index in [1.165, 1.54) is 5.69 Å². The van der Waals surface area contributed by atoms with Crippen LogP contribution in [-0.4, -0.2) is 21.2 Å². The molecule has 22 heavy (non-hydrogen) atoms. The van der Waals surface area contributed by atoms with Crippen molar-refractivity contribution in [3.05, 3.63) is 59.9 Å². The molecule has 0 fully saturated rings. The van der Waals surface area contributed by atoms with Crippen LogP contribution in [0.2, 0.25) is 0 Å². The highest BCUT2D eigenvalue weighted by molar-refractivity contribution is 5.83. The lowest BCUT2D eigenvalue weighted by molar-refractivity contribution is 0.414. The zero-order valence-electron chi connectivity index (χ0n) is 13.0. The molecule has 3 heteroatoms. The normalized spacial score (nSPS) is 11.2. The molecule has 3 aromatic rings. The van der Waals surface area contributed by atoms with Gasteiger partial charge in [-0.3, -0.25) is 0 Å². The number of furan rings is 1. The number of fused-ring (bicyclic) bond motifs is 1. The first-order valence-corrected chi connectivity index (χ1v) is 7.19. The Morgan fingerprint density at radius 1 is 0.955 bits per heavy atom. The topological polar surface area (TPSA) is 25.6 Å². The SMILES string of the molecule is COc1ccc2cc(C=Cc3ccc(N(C)C)cc3)oc2c1. The molecule has 3 nitrogen and oxygen atoms in total. The van der Waals surface area contributed by atoms with Gasteiger partial charge in [0.15, 0.2) is 0 Å². The molecule has 0 aliphatic carbocycles. The second-order valence-electron chi connectivity index (χ2n) is 5.37. The van der Waals surface area contributed by atoms with Crippen LogP contribution in [0.15, 0.2) is 52.9 Å². The van der Waals surface area contributed by atoms with Crippen LogP contribution < -0.4 is 9.64 Å². The zero-order chi connectivity index (χ0) is 15.5. The van der Waals surface area contributed by atoms with Crippen molar-refractivity contribution < 1.29 is 9.15 Å². The molecule has 0 unspecified atom stereocenters. The number of methoxy groups -OCH3 is 1. The van der Waals surface area contributed by atoms with E-state index in [2.05, 4.69) is 29.2 Å². The van der Waals surface area contributed by atoms with Crippen molar-refractivity contribution >= 4 is 28.8 Å². The van der Waals surface area contributed by atoms with Crippen molar-refractivity contribution in [3.63, 3.8) is 0 Å². The van der Waals surface area contributed by atoms with Gasteiger partial charge in [-0.15, -0.1) is 0 Å². The maximum Gasteiger partial charge on any atom is 0.138 e. The molecule has 0 saturated carbocycles. The molecule has 0 aliphatic rings. The van der Waals surface area contributed by atoms with E-state index in [9.17, 15) is 0 Å². The second-order valence-corrected chi connectivity index (χ2v) is 5.37. The molecular weight excluding hydrogens is 274 g/mol. The average molecular weight is 293 g/mol. The van der Waals surface area contributed by atoms with Gasteiger partial charge < -0.3 is 14.1 Å². The van der Waals surface area contributed by atoms with Crippen LogP contribution in [0.5, 0.6) is 5.75 Å². The summed E-state index contributed by atoms with van der Waals surface area (Å²) in [5.74, 6) is 1.64. The molecule has 0 N–H and O–H groups in total. The lowest BCUT2D eigenvalue weighted by Crippen LogP contribution is -2.07. The van der Waals surface area contributed by atoms with Gasteiger partial charge in [0, 0.05) is 31.2 Å². The smallest absolute Gasteiger partial charge is 0.138 e. The Hall–Kier alpha value is -2.68. The van der Waals surface area contributed by atoms with Crippen molar-refractivity contribution in [1.82, 2.24) is 0 Å². The summed E-state index contributed by atoms with van der Waals surface area (Å²) in [7, 11) is 5.73. The summed E-state index contributed by atoms with van der Waals surface area (Å²) in [5, 5.41) is 1.07. The fourth-order valence-corrected chi connectivity index (χ4v) is 2.30. The Bertz CT molecular complexity index is 798. The highest BCUT2D eigenvalue weighted by atomic mass is 16.5. The molecule has 0 radical (unpaired) electrons. The third kappa shape index (κ3) is 2.98. The first-order chi connectivity index (χ1) is 10.7. The molecule has 0 spiro atoms. The number of hydrogen-bond acceptors (Lipinski definition) is 3. The first-order valence-electron chi connectivity index (χ1n) is 7.19. The predicted octanol–water partition coefficient (Wildman–Crippen LogP) is 4.68. The summed E-state index contributed by atoms with van der Waals surface area (Å²) in [4.78, 5) is 2.08. The van der Waals surface area contributed by atoms with Gasteiger partial charge in [-0.1, -0.05) is 18.2 Å². The molecular formula is C19H19NO2. The van der Waals surface area contributed by atoms with Crippen LogP contribution in [0.4, 0.5) is 5.69 Å². The maximum atomic E-state index is 5.82. The van der Waals surface area contributed by atoms with Crippen molar-refractivity contribution in [2.45, 2.75) is 0 Å². The van der Waals surface area contributed by atoms with Gasteiger partial charge in [0.05, 0.1) is 7.11 Å². The largest absolute Gasteiger partial charge is 0.497 e. The van der Waals surface area contributed by atoms with E-state index in [1.54, 1.807) is 7.11 Å². The number of anilines is 1. The van der Waals surface area contributed by atoms with Gasteiger partial charge >= 0.3 is 0 Å². The summed E-state index contributed by atoms with van der Waals surface area (Å²) in [5.41, 5.74) is 3.17. The second kappa shape index (κ2) is 5.98. The molecule has 0 aliphatic heterocycles. The molecule has 1 aromatic heterocycles. The fraction of sp³-hybridized carbons (Fsp3) is 0.158. The van der Waals surface area contributed by atoms with E-state index < -0.39 is 0 Å². The van der Waals surface area contributed by atoms with Crippen molar-refractivity contribution in [2.24, 2.45) is 0 Å². The minimum atomic E-state index is 0.802. The molecule has 0 bridgehead atoms. The number of rotatable bonds is 4. The van der Waals surface area contributed by atoms with E-state index in [0.29, 0.717) is 0 Å². The lowest BCUT2D eigenvalue weighted by atomic mass is 10.1. The summed E-state index contributed by atoms with van der Waals surface area (Å²) in [6.45, 7) is 0. The quantitative estimate of drug-likeness (QED) is 0.698. The van der Waals surface area contributed by atoms with Gasteiger partial charge in [0.2, 0.25) is 0 Å². The van der Waals surface area contributed by atoms with Crippen molar-refractivity contribution in [1.29, 1.82) is 0 Å². The zero-order valence-corrected chi connectivity index (χ0v) is 13.0. The van der Waals surface area contributed by atoms with E-state index >= 15 is 0 Å².